The van der Waals surface area contributed by atoms with E-state index in [0.29, 0.717) is 12.0 Å². The molecule has 1 aliphatic rings. The molecule has 1 nitrogen and oxygen atoms in total. The van der Waals surface area contributed by atoms with E-state index >= 15 is 0 Å². The van der Waals surface area contributed by atoms with Gasteiger partial charge in [-0.25, -0.2) is 0 Å². The molecule has 0 saturated heterocycles. The zero-order valence-electron chi connectivity index (χ0n) is 13.3. The maximum atomic E-state index is 3.59. The van der Waals surface area contributed by atoms with Gasteiger partial charge >= 0.3 is 0 Å². The van der Waals surface area contributed by atoms with Gasteiger partial charge in [0.2, 0.25) is 0 Å². The lowest BCUT2D eigenvalue weighted by Gasteiger charge is -2.31. The van der Waals surface area contributed by atoms with Crippen LogP contribution in [0.25, 0.3) is 0 Å². The summed E-state index contributed by atoms with van der Waals surface area (Å²) in [6, 6.07) is 9.84. The Bertz CT molecular complexity index is 594. The number of hydrogen-bond donors (Lipinski definition) is 1. The maximum Gasteiger partial charge on any atom is 0.0174 e. The smallest absolute Gasteiger partial charge is 0.0174 e. The molecule has 0 amide bonds. The van der Waals surface area contributed by atoms with E-state index in [-0.39, 0.29) is 0 Å². The summed E-state index contributed by atoms with van der Waals surface area (Å²) in [4.78, 5) is 1.62. The Morgan fingerprint density at radius 2 is 2.00 bits per heavy atom. The SMILES string of the molecule is CNC(Cc1cc(C)cc(C)c1)C1CCCc2sccc21. The summed E-state index contributed by atoms with van der Waals surface area (Å²) in [6.45, 7) is 4.39. The van der Waals surface area contributed by atoms with Gasteiger partial charge in [-0.3, -0.25) is 0 Å². The van der Waals surface area contributed by atoms with Crippen LogP contribution in [0.4, 0.5) is 0 Å². The second-order valence-electron chi connectivity index (χ2n) is 6.39. The molecule has 2 atom stereocenters. The monoisotopic (exact) mass is 299 g/mol. The predicted molar refractivity (Wildman–Crippen MR) is 92.5 cm³/mol. The quantitative estimate of drug-likeness (QED) is 0.869. The minimum absolute atomic E-state index is 0.542. The van der Waals surface area contributed by atoms with Crippen LogP contribution in [0.1, 0.15) is 45.9 Å². The summed E-state index contributed by atoms with van der Waals surface area (Å²) < 4.78 is 0. The Morgan fingerprint density at radius 1 is 1.24 bits per heavy atom. The van der Waals surface area contributed by atoms with Crippen LogP contribution in [0.3, 0.4) is 0 Å². The fraction of sp³-hybridized carbons (Fsp3) is 0.474. The van der Waals surface area contributed by atoms with Crippen molar-refractivity contribution in [2.24, 2.45) is 0 Å². The van der Waals surface area contributed by atoms with Crippen molar-refractivity contribution in [3.8, 4) is 0 Å². The van der Waals surface area contributed by atoms with E-state index in [1.54, 1.807) is 10.4 Å². The van der Waals surface area contributed by atoms with Crippen LogP contribution in [-0.4, -0.2) is 13.1 Å². The molecule has 2 unspecified atom stereocenters. The molecule has 0 spiro atoms. The number of aryl methyl sites for hydroxylation is 3. The normalized spacial score (nSPS) is 19.3. The van der Waals surface area contributed by atoms with Crippen LogP contribution in [0.5, 0.6) is 0 Å². The standard InChI is InChI=1S/C19H25NS/c1-13-9-14(2)11-15(10-13)12-18(20-3)16-5-4-6-19-17(16)7-8-21-19/h7-11,16,18,20H,4-6,12H2,1-3H3. The van der Waals surface area contributed by atoms with Gasteiger partial charge in [0.15, 0.2) is 0 Å². The Morgan fingerprint density at radius 3 is 2.71 bits per heavy atom. The number of fused-ring (bicyclic) bond motifs is 1. The summed E-state index contributed by atoms with van der Waals surface area (Å²) in [6.07, 6.45) is 5.06. The highest BCUT2D eigenvalue weighted by Crippen LogP contribution is 2.37. The Balaban J connectivity index is 1.83. The molecule has 1 aromatic carbocycles. The first-order valence-corrected chi connectivity index (χ1v) is 8.86. The molecule has 0 bridgehead atoms. The third kappa shape index (κ3) is 3.22. The molecule has 21 heavy (non-hydrogen) atoms. The van der Waals surface area contributed by atoms with Gasteiger partial charge in [-0.2, -0.15) is 0 Å². The van der Waals surface area contributed by atoms with Crippen molar-refractivity contribution in [3.05, 3.63) is 56.8 Å². The third-order valence-electron chi connectivity index (χ3n) is 4.69. The molecular weight excluding hydrogens is 274 g/mol. The molecule has 1 aromatic heterocycles. The van der Waals surface area contributed by atoms with Crippen molar-refractivity contribution in [1.82, 2.24) is 5.32 Å². The number of benzene rings is 1. The summed E-state index contributed by atoms with van der Waals surface area (Å²) in [5, 5.41) is 5.86. The first-order valence-electron chi connectivity index (χ1n) is 7.98. The number of nitrogens with one attached hydrogen (secondary N) is 1. The van der Waals surface area contributed by atoms with Crippen LogP contribution in [0, 0.1) is 13.8 Å². The number of likely N-dealkylation sites (N-methyl/N-ethyl adjacent to an activating group) is 1. The van der Waals surface area contributed by atoms with Crippen molar-refractivity contribution in [2.75, 3.05) is 7.05 Å². The minimum Gasteiger partial charge on any atom is -0.316 e. The lowest BCUT2D eigenvalue weighted by atomic mass is 9.80. The van der Waals surface area contributed by atoms with Crippen LogP contribution in [-0.2, 0) is 12.8 Å². The average Bonchev–Trinajstić information content (AvgIpc) is 2.92. The van der Waals surface area contributed by atoms with Crippen molar-refractivity contribution in [3.63, 3.8) is 0 Å². The van der Waals surface area contributed by atoms with Gasteiger partial charge in [-0.05, 0) is 69.2 Å². The van der Waals surface area contributed by atoms with Gasteiger partial charge in [-0.1, -0.05) is 29.3 Å². The highest BCUT2D eigenvalue weighted by Gasteiger charge is 2.27. The van der Waals surface area contributed by atoms with Gasteiger partial charge in [0.05, 0.1) is 0 Å². The predicted octanol–water partition coefficient (Wildman–Crippen LogP) is 4.62. The topological polar surface area (TPSA) is 12.0 Å². The van der Waals surface area contributed by atoms with Gasteiger partial charge in [0, 0.05) is 16.8 Å². The highest BCUT2D eigenvalue weighted by atomic mass is 32.1. The van der Waals surface area contributed by atoms with E-state index in [4.69, 9.17) is 0 Å². The Hall–Kier alpha value is -1.12. The highest BCUT2D eigenvalue weighted by molar-refractivity contribution is 7.10. The van der Waals surface area contributed by atoms with Gasteiger partial charge in [-0.15, -0.1) is 11.3 Å². The second-order valence-corrected chi connectivity index (χ2v) is 7.39. The van der Waals surface area contributed by atoms with Crippen molar-refractivity contribution in [2.45, 2.75) is 51.5 Å². The molecule has 0 radical (unpaired) electrons. The van der Waals surface area contributed by atoms with E-state index in [0.717, 1.165) is 6.42 Å². The molecule has 1 heterocycles. The molecule has 1 N–H and O–H groups in total. The summed E-state index contributed by atoms with van der Waals surface area (Å²) in [7, 11) is 2.12. The zero-order chi connectivity index (χ0) is 14.8. The van der Waals surface area contributed by atoms with E-state index in [9.17, 15) is 0 Å². The van der Waals surface area contributed by atoms with E-state index < -0.39 is 0 Å². The minimum atomic E-state index is 0.542. The molecule has 0 fully saturated rings. The van der Waals surface area contributed by atoms with Gasteiger partial charge in [0.1, 0.15) is 0 Å². The largest absolute Gasteiger partial charge is 0.316 e. The Labute approximate surface area is 132 Å². The molecule has 2 heteroatoms. The van der Waals surface area contributed by atoms with Crippen LogP contribution in [0.15, 0.2) is 29.6 Å². The Kier molecular flexibility index (Phi) is 4.46. The maximum absolute atomic E-state index is 3.59. The summed E-state index contributed by atoms with van der Waals surface area (Å²) in [5.74, 6) is 0.672. The van der Waals surface area contributed by atoms with Crippen LogP contribution in [0.2, 0.25) is 0 Å². The van der Waals surface area contributed by atoms with Crippen molar-refractivity contribution >= 4 is 11.3 Å². The van der Waals surface area contributed by atoms with Crippen LogP contribution < -0.4 is 5.32 Å². The van der Waals surface area contributed by atoms with Crippen LogP contribution >= 0.6 is 11.3 Å². The molecular formula is C19H25NS. The molecule has 2 aromatic rings. The van der Waals surface area contributed by atoms with Gasteiger partial charge in [0.25, 0.3) is 0 Å². The first kappa shape index (κ1) is 14.8. The average molecular weight is 299 g/mol. The molecule has 0 saturated carbocycles. The molecule has 3 rings (SSSR count). The number of rotatable bonds is 4. The fourth-order valence-electron chi connectivity index (χ4n) is 3.83. The van der Waals surface area contributed by atoms with E-state index in [1.165, 1.54) is 36.0 Å². The second kappa shape index (κ2) is 6.33. The molecule has 0 aliphatic heterocycles. The van der Waals surface area contributed by atoms with E-state index in [2.05, 4.69) is 55.9 Å². The summed E-state index contributed by atoms with van der Waals surface area (Å²) >= 11 is 1.94. The third-order valence-corrected chi connectivity index (χ3v) is 5.69. The van der Waals surface area contributed by atoms with Gasteiger partial charge < -0.3 is 5.32 Å². The number of thiophene rings is 1. The lowest BCUT2D eigenvalue weighted by Crippen LogP contribution is -2.35. The van der Waals surface area contributed by atoms with E-state index in [1.807, 2.05) is 11.3 Å². The molecule has 1 aliphatic carbocycles. The first-order chi connectivity index (χ1) is 10.2. The molecule has 112 valence electrons. The lowest BCUT2D eigenvalue weighted by molar-refractivity contribution is 0.414. The zero-order valence-corrected chi connectivity index (χ0v) is 14.1. The van der Waals surface area contributed by atoms with Crippen molar-refractivity contribution in [1.29, 1.82) is 0 Å². The van der Waals surface area contributed by atoms with Crippen molar-refractivity contribution < 1.29 is 0 Å². The number of hydrogen-bond acceptors (Lipinski definition) is 2. The fourth-order valence-corrected chi connectivity index (χ4v) is 4.82. The summed E-state index contributed by atoms with van der Waals surface area (Å²) in [5.41, 5.74) is 5.82.